The Hall–Kier alpha value is -2.00. The van der Waals surface area contributed by atoms with Gasteiger partial charge in [-0.15, -0.1) is 0 Å². The van der Waals surface area contributed by atoms with Crippen LogP contribution in [0.1, 0.15) is 0 Å². The number of fused-ring (bicyclic) bond motifs is 1. The predicted molar refractivity (Wildman–Crippen MR) is 60.5 cm³/mol. The van der Waals surface area contributed by atoms with Crippen LogP contribution >= 0.6 is 0 Å². The van der Waals surface area contributed by atoms with Crippen LogP contribution in [0, 0.1) is 0 Å². The molecule has 0 bridgehead atoms. The minimum Gasteiger partial charge on any atom is -0.394 e. The maximum Gasteiger partial charge on any atom is 0.280 e. The number of hydrogen-bond donors (Lipinski definition) is 4. The van der Waals surface area contributed by atoms with Crippen molar-refractivity contribution in [3.05, 3.63) is 16.7 Å². The molecule has 2 aromatic rings. The highest BCUT2D eigenvalue weighted by molar-refractivity contribution is 5.70. The van der Waals surface area contributed by atoms with Crippen LogP contribution in [0.3, 0.4) is 0 Å². The molecule has 0 aliphatic heterocycles. The number of aromatic amines is 1. The van der Waals surface area contributed by atoms with E-state index in [0.717, 1.165) is 0 Å². The minimum absolute atomic E-state index is 0.0369. The molecule has 0 amide bonds. The van der Waals surface area contributed by atoms with Gasteiger partial charge in [0.05, 0.1) is 19.5 Å². The van der Waals surface area contributed by atoms with E-state index in [4.69, 9.17) is 15.9 Å². The van der Waals surface area contributed by atoms with Crippen LogP contribution in [0.15, 0.2) is 11.1 Å². The molecule has 0 spiro atoms. The first-order valence-electron chi connectivity index (χ1n) is 5.16. The first kappa shape index (κ1) is 12.5. The second kappa shape index (κ2) is 4.70. The highest BCUT2D eigenvalue weighted by Gasteiger charge is 2.20. The van der Waals surface area contributed by atoms with Crippen molar-refractivity contribution in [2.45, 2.75) is 18.8 Å². The number of anilines is 1. The van der Waals surface area contributed by atoms with Gasteiger partial charge in [-0.25, -0.2) is 9.37 Å². The average molecular weight is 257 g/mol. The number of nitrogens with two attached hydrogens (primary N) is 1. The van der Waals surface area contributed by atoms with Crippen LogP contribution in [-0.4, -0.2) is 48.6 Å². The van der Waals surface area contributed by atoms with Crippen LogP contribution in [-0.2, 0) is 6.54 Å². The van der Waals surface area contributed by atoms with Crippen molar-refractivity contribution in [3.8, 4) is 0 Å². The highest BCUT2D eigenvalue weighted by atomic mass is 19.1. The summed E-state index contributed by atoms with van der Waals surface area (Å²) in [4.78, 5) is 21.4. The topological polar surface area (TPSA) is 130 Å². The van der Waals surface area contributed by atoms with Crippen LogP contribution in [0.2, 0.25) is 0 Å². The lowest BCUT2D eigenvalue weighted by atomic mass is 10.2. The number of aliphatic hydroxyl groups excluding tert-OH is 2. The Morgan fingerprint density at radius 1 is 1.61 bits per heavy atom. The lowest BCUT2D eigenvalue weighted by Gasteiger charge is -2.13. The number of aliphatic hydroxyl groups is 2. The van der Waals surface area contributed by atoms with Crippen LogP contribution in [0.25, 0.3) is 11.2 Å². The van der Waals surface area contributed by atoms with E-state index < -0.39 is 24.4 Å². The largest absolute Gasteiger partial charge is 0.394 e. The van der Waals surface area contributed by atoms with E-state index in [1.165, 1.54) is 10.9 Å². The van der Waals surface area contributed by atoms with Crippen LogP contribution in [0.5, 0.6) is 0 Å². The lowest BCUT2D eigenvalue weighted by molar-refractivity contribution is 0.0220. The molecule has 8 nitrogen and oxygen atoms in total. The number of rotatable bonds is 4. The molecule has 0 aromatic carbocycles. The standard InChI is InChI=1S/C9H12FN5O3/c10-4(5(17)2-16)1-15-3-12-6-7(15)13-9(11)14-8(6)18/h3-5,16-17H,1-2H2,(H3,11,13,14,18)/t4-,5+/m0/s1. The second-order valence-corrected chi connectivity index (χ2v) is 3.79. The molecule has 5 N–H and O–H groups in total. The molecular formula is C9H12FN5O3. The third kappa shape index (κ3) is 2.17. The van der Waals surface area contributed by atoms with Crippen molar-refractivity contribution < 1.29 is 14.6 Å². The molecule has 0 unspecified atom stereocenters. The Morgan fingerprint density at radius 2 is 2.33 bits per heavy atom. The van der Waals surface area contributed by atoms with Gasteiger partial charge in [-0.3, -0.25) is 9.78 Å². The third-order valence-electron chi connectivity index (χ3n) is 2.47. The smallest absolute Gasteiger partial charge is 0.280 e. The van der Waals surface area contributed by atoms with Crippen molar-refractivity contribution in [1.29, 1.82) is 0 Å². The van der Waals surface area contributed by atoms with Crippen LogP contribution in [0.4, 0.5) is 10.3 Å². The summed E-state index contributed by atoms with van der Waals surface area (Å²) in [6, 6.07) is 0. The molecule has 98 valence electrons. The summed E-state index contributed by atoms with van der Waals surface area (Å²) in [6.45, 7) is -0.974. The van der Waals surface area contributed by atoms with Crippen molar-refractivity contribution in [3.63, 3.8) is 0 Å². The van der Waals surface area contributed by atoms with Gasteiger partial charge in [0.25, 0.3) is 5.56 Å². The number of halogens is 1. The fourth-order valence-corrected chi connectivity index (χ4v) is 1.53. The van der Waals surface area contributed by atoms with Crippen molar-refractivity contribution in [2.75, 3.05) is 12.3 Å². The van der Waals surface area contributed by atoms with Crippen molar-refractivity contribution in [2.24, 2.45) is 0 Å². The van der Waals surface area contributed by atoms with E-state index in [9.17, 15) is 9.18 Å². The second-order valence-electron chi connectivity index (χ2n) is 3.79. The Labute approximate surface area is 99.9 Å². The number of alkyl halides is 1. The average Bonchev–Trinajstić information content (AvgIpc) is 2.71. The molecule has 0 fully saturated rings. The fraction of sp³-hybridized carbons (Fsp3) is 0.444. The number of imidazole rings is 1. The number of hydrogen-bond acceptors (Lipinski definition) is 6. The van der Waals surface area contributed by atoms with Gasteiger partial charge >= 0.3 is 0 Å². The normalized spacial score (nSPS) is 14.8. The Balaban J connectivity index is 2.38. The first-order valence-corrected chi connectivity index (χ1v) is 5.16. The highest BCUT2D eigenvalue weighted by Crippen LogP contribution is 2.10. The van der Waals surface area contributed by atoms with Gasteiger partial charge in [0.15, 0.2) is 11.2 Å². The molecule has 9 heteroatoms. The van der Waals surface area contributed by atoms with Gasteiger partial charge in [0, 0.05) is 0 Å². The monoisotopic (exact) mass is 257 g/mol. The van der Waals surface area contributed by atoms with Crippen molar-refractivity contribution >= 4 is 17.1 Å². The summed E-state index contributed by atoms with van der Waals surface area (Å²) in [5.74, 6) is -0.104. The molecule has 2 atom stereocenters. The fourth-order valence-electron chi connectivity index (χ4n) is 1.53. The molecule has 2 aromatic heterocycles. The number of aromatic nitrogens is 4. The Morgan fingerprint density at radius 3 is 3.00 bits per heavy atom. The minimum atomic E-state index is -1.70. The predicted octanol–water partition coefficient (Wildman–Crippen LogP) is -1.61. The van der Waals surface area contributed by atoms with Gasteiger partial charge in [0.1, 0.15) is 12.3 Å². The van der Waals surface area contributed by atoms with E-state index in [-0.39, 0.29) is 23.7 Å². The number of nitrogens with one attached hydrogen (secondary N) is 1. The maximum atomic E-state index is 13.5. The zero-order valence-electron chi connectivity index (χ0n) is 9.25. The Bertz CT molecular complexity index is 610. The summed E-state index contributed by atoms with van der Waals surface area (Å²) in [5.41, 5.74) is 5.03. The van der Waals surface area contributed by atoms with Crippen molar-refractivity contribution in [1.82, 2.24) is 19.5 Å². The first-order chi connectivity index (χ1) is 8.52. The maximum absolute atomic E-state index is 13.5. The summed E-state index contributed by atoms with van der Waals surface area (Å²) in [7, 11) is 0. The molecule has 0 saturated carbocycles. The zero-order valence-corrected chi connectivity index (χ0v) is 9.25. The summed E-state index contributed by atoms with van der Waals surface area (Å²) in [6.07, 6.45) is -1.97. The lowest BCUT2D eigenvalue weighted by Crippen LogP contribution is -2.29. The molecular weight excluding hydrogens is 245 g/mol. The van der Waals surface area contributed by atoms with E-state index in [2.05, 4.69) is 15.0 Å². The van der Waals surface area contributed by atoms with Gasteiger partial charge in [-0.1, -0.05) is 0 Å². The summed E-state index contributed by atoms with van der Waals surface area (Å²) >= 11 is 0. The molecule has 0 aliphatic carbocycles. The zero-order chi connectivity index (χ0) is 13.3. The van der Waals surface area contributed by atoms with E-state index in [1.807, 2.05) is 0 Å². The summed E-state index contributed by atoms with van der Waals surface area (Å²) in [5, 5.41) is 17.8. The van der Waals surface area contributed by atoms with E-state index in [1.54, 1.807) is 0 Å². The number of nitrogen functional groups attached to an aromatic ring is 1. The molecule has 0 aliphatic rings. The number of nitrogens with zero attached hydrogens (tertiary/aromatic N) is 3. The molecule has 18 heavy (non-hydrogen) atoms. The molecule has 0 radical (unpaired) electrons. The third-order valence-corrected chi connectivity index (χ3v) is 2.47. The SMILES string of the molecule is Nc1nc2c(ncn2C[C@H](F)[C@H](O)CO)c(=O)[nH]1. The van der Waals surface area contributed by atoms with E-state index >= 15 is 0 Å². The van der Waals surface area contributed by atoms with Gasteiger partial charge in [-0.2, -0.15) is 4.98 Å². The van der Waals surface area contributed by atoms with Gasteiger partial charge < -0.3 is 20.5 Å². The quantitative estimate of drug-likeness (QED) is 0.521. The van der Waals surface area contributed by atoms with E-state index in [0.29, 0.717) is 0 Å². The molecule has 2 rings (SSSR count). The van der Waals surface area contributed by atoms with Gasteiger partial charge in [0.2, 0.25) is 5.95 Å². The van der Waals surface area contributed by atoms with Crippen LogP contribution < -0.4 is 11.3 Å². The summed E-state index contributed by atoms with van der Waals surface area (Å²) < 4.78 is 14.7. The Kier molecular flexibility index (Phi) is 3.26. The number of H-pyrrole nitrogens is 1. The van der Waals surface area contributed by atoms with Gasteiger partial charge in [-0.05, 0) is 0 Å². The molecule has 2 heterocycles. The molecule has 0 saturated heterocycles.